The molecule has 0 radical (unpaired) electrons. The molecular formula is C24H30F2N6O3. The predicted octanol–water partition coefficient (Wildman–Crippen LogP) is 2.16. The number of alkyl halides is 1. The van der Waals surface area contributed by atoms with E-state index in [1.54, 1.807) is 0 Å². The summed E-state index contributed by atoms with van der Waals surface area (Å²) in [5.74, 6) is -0.928. The van der Waals surface area contributed by atoms with Crippen molar-refractivity contribution in [2.75, 3.05) is 33.8 Å². The monoisotopic (exact) mass is 488 g/mol. The van der Waals surface area contributed by atoms with Crippen molar-refractivity contribution >= 4 is 11.8 Å². The topological polar surface area (TPSA) is 103 Å². The highest BCUT2D eigenvalue weighted by molar-refractivity contribution is 5.94. The maximum Gasteiger partial charge on any atom is 0.272 e. The zero-order chi connectivity index (χ0) is 24.7. The first kappa shape index (κ1) is 23.7. The van der Waals surface area contributed by atoms with E-state index in [0.717, 1.165) is 19.0 Å². The first-order valence-corrected chi connectivity index (χ1v) is 12.0. The van der Waals surface area contributed by atoms with Crippen LogP contribution in [0.1, 0.15) is 42.6 Å². The number of carbonyl (C=O) groups is 2. The number of piperidine rings is 2. The summed E-state index contributed by atoms with van der Waals surface area (Å²) in [5, 5.41) is 9.78. The van der Waals surface area contributed by atoms with Gasteiger partial charge in [0, 0.05) is 42.7 Å². The van der Waals surface area contributed by atoms with Gasteiger partial charge in [-0.25, -0.2) is 13.8 Å². The normalized spacial score (nSPS) is 25.9. The molecule has 2 aromatic heterocycles. The first-order chi connectivity index (χ1) is 16.8. The average Bonchev–Trinajstić information content (AvgIpc) is 3.42. The Morgan fingerprint density at radius 2 is 2.06 bits per heavy atom. The number of likely N-dealkylation sites (N-methyl/N-ethyl adjacent to an activating group) is 1. The molecule has 2 amide bonds. The smallest absolute Gasteiger partial charge is 0.272 e. The van der Waals surface area contributed by atoms with E-state index in [2.05, 4.69) is 20.5 Å². The Morgan fingerprint density at radius 1 is 1.26 bits per heavy atom. The van der Waals surface area contributed by atoms with Crippen LogP contribution in [0.4, 0.5) is 8.78 Å². The second-order valence-electron chi connectivity index (χ2n) is 9.93. The number of aromatic nitrogens is 3. The fourth-order valence-corrected chi connectivity index (χ4v) is 5.32. The van der Waals surface area contributed by atoms with Gasteiger partial charge in [0.05, 0.1) is 25.0 Å². The molecule has 0 aromatic carbocycles. The Hall–Kier alpha value is -3.08. The van der Waals surface area contributed by atoms with Crippen molar-refractivity contribution in [2.45, 2.75) is 49.9 Å². The number of halogens is 2. The average molecular weight is 489 g/mol. The van der Waals surface area contributed by atoms with Gasteiger partial charge in [-0.1, -0.05) is 0 Å². The Labute approximate surface area is 202 Å². The molecule has 0 bridgehead atoms. The molecule has 3 aliphatic rings. The third-order valence-electron chi connectivity index (χ3n) is 7.53. The number of H-pyrrole nitrogens is 1. The number of likely N-dealkylation sites (tertiary alicyclic amines) is 2. The van der Waals surface area contributed by atoms with Gasteiger partial charge < -0.3 is 19.9 Å². The lowest BCUT2D eigenvalue weighted by Gasteiger charge is -2.40. The molecule has 4 heterocycles. The lowest BCUT2D eigenvalue weighted by Crippen LogP contribution is -2.56. The summed E-state index contributed by atoms with van der Waals surface area (Å²) in [6.45, 7) is 1.61. The minimum absolute atomic E-state index is 0.128. The molecule has 2 N–H and O–H groups in total. The molecule has 1 spiro atoms. The number of rotatable bonds is 5. The van der Waals surface area contributed by atoms with Crippen LogP contribution in [0.25, 0.3) is 11.3 Å². The highest BCUT2D eigenvalue weighted by Gasteiger charge is 2.54. The molecule has 11 heteroatoms. The van der Waals surface area contributed by atoms with Crippen LogP contribution < -0.4 is 10.1 Å². The number of amides is 2. The summed E-state index contributed by atoms with van der Waals surface area (Å²) in [6.07, 6.45) is 3.13. The third-order valence-corrected chi connectivity index (χ3v) is 7.53. The molecule has 2 aliphatic heterocycles. The molecule has 1 unspecified atom stereocenters. The molecular weight excluding hydrogens is 458 g/mol. The van der Waals surface area contributed by atoms with Gasteiger partial charge in [0.15, 0.2) is 5.82 Å². The number of pyridine rings is 1. The fraction of sp³-hybridized carbons (Fsp3) is 0.583. The summed E-state index contributed by atoms with van der Waals surface area (Å²) >= 11 is 0. The third kappa shape index (κ3) is 4.61. The minimum atomic E-state index is -1.04. The molecule has 3 fully saturated rings. The van der Waals surface area contributed by atoms with Gasteiger partial charge in [-0.15, -0.1) is 0 Å². The van der Waals surface area contributed by atoms with Crippen LogP contribution >= 0.6 is 0 Å². The number of methoxy groups -OCH3 is 1. The molecule has 188 valence electrons. The van der Waals surface area contributed by atoms with E-state index in [-0.39, 0.29) is 46.1 Å². The van der Waals surface area contributed by atoms with Gasteiger partial charge in [0.1, 0.15) is 11.9 Å². The minimum Gasteiger partial charge on any atom is -0.481 e. The molecule has 2 saturated heterocycles. The number of ether oxygens (including phenoxy) is 1. The van der Waals surface area contributed by atoms with Crippen LogP contribution in [0.3, 0.4) is 0 Å². The van der Waals surface area contributed by atoms with Crippen molar-refractivity contribution in [3.63, 3.8) is 0 Å². The van der Waals surface area contributed by atoms with E-state index in [1.165, 1.54) is 19.2 Å². The summed E-state index contributed by atoms with van der Waals surface area (Å²) in [7, 11) is 3.36. The lowest BCUT2D eigenvalue weighted by atomic mass is 9.87. The zero-order valence-corrected chi connectivity index (χ0v) is 19.9. The van der Waals surface area contributed by atoms with E-state index >= 15 is 0 Å². The number of nitrogens with zero attached hydrogens (tertiary/aromatic N) is 4. The van der Waals surface area contributed by atoms with Gasteiger partial charge in [-0.2, -0.15) is 5.10 Å². The van der Waals surface area contributed by atoms with Gasteiger partial charge in [0.25, 0.3) is 5.91 Å². The van der Waals surface area contributed by atoms with E-state index < -0.39 is 18.0 Å². The quantitative estimate of drug-likeness (QED) is 0.669. The summed E-state index contributed by atoms with van der Waals surface area (Å²) < 4.78 is 33.7. The Morgan fingerprint density at radius 3 is 2.80 bits per heavy atom. The van der Waals surface area contributed by atoms with Crippen molar-refractivity contribution in [1.29, 1.82) is 0 Å². The maximum atomic E-state index is 14.3. The summed E-state index contributed by atoms with van der Waals surface area (Å²) in [4.78, 5) is 34.0. The molecule has 1 saturated carbocycles. The van der Waals surface area contributed by atoms with Crippen LogP contribution in [0, 0.1) is 11.7 Å². The molecule has 35 heavy (non-hydrogen) atoms. The first-order valence-electron chi connectivity index (χ1n) is 12.0. The summed E-state index contributed by atoms with van der Waals surface area (Å²) in [6, 6.07) is 2.46. The van der Waals surface area contributed by atoms with Crippen LogP contribution in [0.15, 0.2) is 18.3 Å². The van der Waals surface area contributed by atoms with Crippen LogP contribution in [0.2, 0.25) is 0 Å². The number of nitrogens with one attached hydrogen (secondary N) is 2. The SMILES string of the molecule is COc1cc(-c2cc(C(=O)N3CCC(C(=O)N[C@H]4CN(C)CC[C@@H]4F)CC34CC4)[nH]n2)c(F)cn1. The van der Waals surface area contributed by atoms with Crippen LogP contribution in [-0.2, 0) is 4.79 Å². The predicted molar refractivity (Wildman–Crippen MR) is 123 cm³/mol. The highest BCUT2D eigenvalue weighted by atomic mass is 19.1. The van der Waals surface area contributed by atoms with E-state index in [0.29, 0.717) is 38.9 Å². The highest BCUT2D eigenvalue weighted by Crippen LogP contribution is 2.50. The second-order valence-corrected chi connectivity index (χ2v) is 9.93. The summed E-state index contributed by atoms with van der Waals surface area (Å²) in [5.41, 5.74) is 0.355. The molecule has 9 nitrogen and oxygen atoms in total. The van der Waals surface area contributed by atoms with Crippen molar-refractivity contribution < 1.29 is 23.1 Å². The van der Waals surface area contributed by atoms with Gasteiger partial charge in [-0.3, -0.25) is 14.7 Å². The van der Waals surface area contributed by atoms with Gasteiger partial charge in [-0.05, 0) is 45.2 Å². The van der Waals surface area contributed by atoms with E-state index in [1.807, 2.05) is 16.8 Å². The van der Waals surface area contributed by atoms with Crippen molar-refractivity contribution in [2.24, 2.45) is 5.92 Å². The zero-order valence-electron chi connectivity index (χ0n) is 19.9. The van der Waals surface area contributed by atoms with Crippen molar-refractivity contribution in [1.82, 2.24) is 30.3 Å². The Kier molecular flexibility index (Phi) is 6.20. The van der Waals surface area contributed by atoms with E-state index in [4.69, 9.17) is 4.74 Å². The van der Waals surface area contributed by atoms with Crippen molar-refractivity contribution in [3.8, 4) is 17.1 Å². The maximum absolute atomic E-state index is 14.3. The Balaban J connectivity index is 1.26. The van der Waals surface area contributed by atoms with Crippen molar-refractivity contribution in [3.05, 3.63) is 29.8 Å². The lowest BCUT2D eigenvalue weighted by molar-refractivity contribution is -0.129. The molecule has 1 aliphatic carbocycles. The molecule has 3 atom stereocenters. The number of carbonyl (C=O) groups excluding carboxylic acids is 2. The fourth-order valence-electron chi connectivity index (χ4n) is 5.32. The van der Waals surface area contributed by atoms with Crippen LogP contribution in [0.5, 0.6) is 5.88 Å². The molecule has 2 aromatic rings. The number of hydrogen-bond acceptors (Lipinski definition) is 6. The second kappa shape index (κ2) is 9.18. The molecule has 5 rings (SSSR count). The van der Waals surface area contributed by atoms with Gasteiger partial charge >= 0.3 is 0 Å². The Bertz CT molecular complexity index is 1120. The van der Waals surface area contributed by atoms with Crippen LogP contribution in [-0.4, -0.2) is 88.3 Å². The number of hydrogen-bond donors (Lipinski definition) is 2. The standard InChI is InChI=1S/C24H30F2N6O3/c1-31-7-4-16(25)20(13-31)28-22(33)14-3-8-32(24(11-14)5-6-24)23(34)19-10-18(29-30-19)15-9-21(35-2)27-12-17(15)26/h9-10,12,14,16,20H,3-8,11,13H2,1-2H3,(H,28,33)(H,29,30)/t14?,16-,20-/m0/s1. The largest absolute Gasteiger partial charge is 0.481 e. The number of aromatic amines is 1. The van der Waals surface area contributed by atoms with Gasteiger partial charge in [0.2, 0.25) is 11.8 Å². The van der Waals surface area contributed by atoms with E-state index in [9.17, 15) is 18.4 Å².